The van der Waals surface area contributed by atoms with Crippen molar-refractivity contribution in [2.45, 2.75) is 32.3 Å². The predicted octanol–water partition coefficient (Wildman–Crippen LogP) is 1.96. The van der Waals surface area contributed by atoms with Crippen molar-refractivity contribution in [2.75, 3.05) is 31.6 Å². The molecule has 6 nitrogen and oxygen atoms in total. The van der Waals surface area contributed by atoms with Crippen LogP contribution < -0.4 is 4.90 Å². The summed E-state index contributed by atoms with van der Waals surface area (Å²) in [5, 5.41) is 21.7. The molecule has 0 spiro atoms. The first-order valence-electron chi connectivity index (χ1n) is 8.02. The number of hydrogen-bond donors (Lipinski definition) is 2. The minimum atomic E-state index is -0.971. The van der Waals surface area contributed by atoms with Crippen molar-refractivity contribution in [2.24, 2.45) is 0 Å². The molecule has 0 bridgehead atoms. The smallest absolute Gasteiger partial charge is 0.219 e. The highest BCUT2D eigenvalue weighted by Crippen LogP contribution is 2.43. The van der Waals surface area contributed by atoms with Crippen LogP contribution in [-0.4, -0.2) is 58.3 Å². The Hall–Kier alpha value is -1.79. The lowest BCUT2D eigenvalue weighted by molar-refractivity contribution is -0.132. The molecule has 2 aliphatic heterocycles. The largest absolute Gasteiger partial charge is 0.504 e. The summed E-state index contributed by atoms with van der Waals surface area (Å²) >= 11 is 6.27. The number of carbonyl (C=O) groups excluding carboxylic acids is 1. The van der Waals surface area contributed by atoms with Gasteiger partial charge in [-0.25, -0.2) is 4.98 Å². The maximum atomic E-state index is 11.5. The van der Waals surface area contributed by atoms with Gasteiger partial charge in [0.25, 0.3) is 0 Å². The summed E-state index contributed by atoms with van der Waals surface area (Å²) in [6.45, 7) is 4.82. The van der Waals surface area contributed by atoms with Gasteiger partial charge in [-0.3, -0.25) is 4.79 Å². The van der Waals surface area contributed by atoms with Gasteiger partial charge in [0.15, 0.2) is 5.75 Å². The normalized spacial score (nSPS) is 19.8. The molecule has 7 heteroatoms. The molecule has 2 aliphatic rings. The Bertz CT molecular complexity index is 724. The number of pyridine rings is 1. The zero-order chi connectivity index (χ0) is 17.6. The van der Waals surface area contributed by atoms with Gasteiger partial charge < -0.3 is 20.0 Å². The van der Waals surface area contributed by atoms with Crippen molar-refractivity contribution >= 4 is 29.3 Å². The van der Waals surface area contributed by atoms with E-state index in [-0.39, 0.29) is 11.7 Å². The van der Waals surface area contributed by atoms with Gasteiger partial charge in [0.1, 0.15) is 5.15 Å². The molecule has 1 aromatic rings. The van der Waals surface area contributed by atoms with Gasteiger partial charge in [0.05, 0.1) is 17.0 Å². The van der Waals surface area contributed by atoms with E-state index in [4.69, 9.17) is 11.6 Å². The number of nitrogens with zero attached hydrogens (tertiary/aromatic N) is 3. The van der Waals surface area contributed by atoms with Crippen LogP contribution >= 0.6 is 11.6 Å². The molecule has 130 valence electrons. The lowest BCUT2D eigenvalue weighted by Crippen LogP contribution is -2.49. The highest BCUT2D eigenvalue weighted by molar-refractivity contribution is 6.31. The molecule has 2 N–H and O–H groups in total. The Morgan fingerprint density at radius 1 is 1.38 bits per heavy atom. The molecule has 0 atom stereocenters. The zero-order valence-corrected chi connectivity index (χ0v) is 14.9. The predicted molar refractivity (Wildman–Crippen MR) is 93.3 cm³/mol. The first-order chi connectivity index (χ1) is 11.2. The summed E-state index contributed by atoms with van der Waals surface area (Å²) < 4.78 is 0. The number of anilines is 1. The van der Waals surface area contributed by atoms with E-state index in [1.54, 1.807) is 18.7 Å². The number of fused-ring (bicyclic) bond motifs is 1. The van der Waals surface area contributed by atoms with E-state index in [2.05, 4.69) is 4.98 Å². The first-order valence-corrected chi connectivity index (χ1v) is 8.40. The van der Waals surface area contributed by atoms with Gasteiger partial charge in [0.2, 0.25) is 5.91 Å². The van der Waals surface area contributed by atoms with E-state index in [0.29, 0.717) is 54.6 Å². The van der Waals surface area contributed by atoms with Gasteiger partial charge in [0, 0.05) is 39.2 Å². The van der Waals surface area contributed by atoms with Crippen LogP contribution in [0.5, 0.6) is 5.75 Å². The summed E-state index contributed by atoms with van der Waals surface area (Å²) in [5.74, 6) is 0.148. The van der Waals surface area contributed by atoms with Crippen LogP contribution in [-0.2, 0) is 4.79 Å². The molecule has 0 unspecified atom stereocenters. The number of aromatic hydroxyl groups is 1. The summed E-state index contributed by atoms with van der Waals surface area (Å²) in [6, 6.07) is 0. The fraction of sp³-hybridized carbons (Fsp3) is 0.529. The molecular formula is C17H22ClN3O3. The van der Waals surface area contributed by atoms with Crippen LogP contribution in [0.4, 0.5) is 5.69 Å². The second-order valence-electron chi connectivity index (χ2n) is 6.66. The molecule has 24 heavy (non-hydrogen) atoms. The van der Waals surface area contributed by atoms with Gasteiger partial charge >= 0.3 is 0 Å². The van der Waals surface area contributed by atoms with Gasteiger partial charge in [-0.05, 0) is 31.4 Å². The number of piperidine rings is 1. The van der Waals surface area contributed by atoms with E-state index >= 15 is 0 Å². The van der Waals surface area contributed by atoms with Crippen molar-refractivity contribution < 1.29 is 15.0 Å². The number of hydrogen-bond acceptors (Lipinski definition) is 5. The maximum absolute atomic E-state index is 11.5. The van der Waals surface area contributed by atoms with Crippen LogP contribution in [0.25, 0.3) is 6.08 Å². The van der Waals surface area contributed by atoms with Crippen LogP contribution in [0.3, 0.4) is 0 Å². The van der Waals surface area contributed by atoms with Crippen molar-refractivity contribution in [3.05, 3.63) is 22.0 Å². The van der Waals surface area contributed by atoms with Crippen LogP contribution in [0.1, 0.15) is 31.0 Å². The maximum Gasteiger partial charge on any atom is 0.219 e. The minimum absolute atomic E-state index is 0.0322. The highest BCUT2D eigenvalue weighted by Gasteiger charge is 2.39. The molecule has 0 radical (unpaired) electrons. The number of likely N-dealkylation sites (tertiary alicyclic amines) is 1. The molecule has 0 aromatic carbocycles. The first kappa shape index (κ1) is 17.0. The summed E-state index contributed by atoms with van der Waals surface area (Å²) in [6.07, 6.45) is 2.82. The number of rotatable bonds is 1. The van der Waals surface area contributed by atoms with Crippen molar-refractivity contribution in [1.29, 1.82) is 0 Å². The quantitative estimate of drug-likeness (QED) is 0.756. The Kier molecular flexibility index (Phi) is 4.21. The molecule has 0 aliphatic carbocycles. The number of aryl methyl sites for hydroxylation is 1. The number of carbonyl (C=O) groups is 1. The number of halogens is 1. The van der Waals surface area contributed by atoms with Gasteiger partial charge in [-0.2, -0.15) is 0 Å². The molecule has 1 fully saturated rings. The Morgan fingerprint density at radius 2 is 2.00 bits per heavy atom. The lowest BCUT2D eigenvalue weighted by Gasteiger charge is -2.42. The van der Waals surface area contributed by atoms with Crippen molar-refractivity contribution in [3.8, 4) is 5.75 Å². The third-order valence-electron chi connectivity index (χ3n) is 5.05. The van der Waals surface area contributed by atoms with Gasteiger partial charge in [-0.15, -0.1) is 0 Å². The number of aromatic nitrogens is 1. The minimum Gasteiger partial charge on any atom is -0.504 e. The van der Waals surface area contributed by atoms with Crippen LogP contribution in [0.2, 0.25) is 5.15 Å². The molecule has 3 rings (SSSR count). The number of likely N-dealkylation sites (N-methyl/N-ethyl adjacent to an activating group) is 1. The average molecular weight is 352 g/mol. The topological polar surface area (TPSA) is 76.9 Å². The second-order valence-corrected chi connectivity index (χ2v) is 7.02. The second kappa shape index (κ2) is 5.93. The summed E-state index contributed by atoms with van der Waals surface area (Å²) in [7, 11) is 1.86. The average Bonchev–Trinajstić information content (AvgIpc) is 2.52. The Labute approximate surface area is 146 Å². The van der Waals surface area contributed by atoms with E-state index in [1.165, 1.54) is 0 Å². The van der Waals surface area contributed by atoms with Crippen molar-refractivity contribution in [1.82, 2.24) is 9.88 Å². The third-order valence-corrected chi connectivity index (χ3v) is 5.34. The SMILES string of the molecule is CC(=O)N1CCC(O)(C2=Cc3c(Cl)nc(C)c(O)c3N(C)C2)CC1. The van der Waals surface area contributed by atoms with Crippen LogP contribution in [0, 0.1) is 6.92 Å². The monoisotopic (exact) mass is 351 g/mol. The lowest BCUT2D eigenvalue weighted by atomic mass is 9.81. The Balaban J connectivity index is 1.97. The molecule has 0 saturated carbocycles. The number of aliphatic hydroxyl groups is 1. The standard InChI is InChI=1S/C17H22ClN3O3/c1-10-15(23)14-13(16(18)19-10)8-12(9-20(14)3)17(24)4-6-21(7-5-17)11(2)22/h8,23-24H,4-7,9H2,1-3H3. The molecule has 3 heterocycles. The van der Waals surface area contributed by atoms with E-state index in [1.807, 2.05) is 18.0 Å². The molecule has 1 saturated heterocycles. The van der Waals surface area contributed by atoms with Gasteiger partial charge in [-0.1, -0.05) is 11.6 Å². The van der Waals surface area contributed by atoms with E-state index in [9.17, 15) is 15.0 Å². The Morgan fingerprint density at radius 3 is 2.58 bits per heavy atom. The zero-order valence-electron chi connectivity index (χ0n) is 14.1. The van der Waals surface area contributed by atoms with E-state index in [0.717, 1.165) is 5.57 Å². The highest BCUT2D eigenvalue weighted by atomic mass is 35.5. The fourth-order valence-corrected chi connectivity index (χ4v) is 3.79. The molecular weight excluding hydrogens is 330 g/mol. The van der Waals surface area contributed by atoms with Crippen LogP contribution in [0.15, 0.2) is 5.57 Å². The van der Waals surface area contributed by atoms with Crippen molar-refractivity contribution in [3.63, 3.8) is 0 Å². The fourth-order valence-electron chi connectivity index (χ4n) is 3.52. The summed E-state index contributed by atoms with van der Waals surface area (Å²) in [5.41, 5.74) is 1.62. The third kappa shape index (κ3) is 2.74. The van der Waals surface area contributed by atoms with E-state index < -0.39 is 5.60 Å². The summed E-state index contributed by atoms with van der Waals surface area (Å²) in [4.78, 5) is 19.3. The molecule has 1 amide bonds. The number of amides is 1. The molecule has 1 aromatic heterocycles.